The van der Waals surface area contributed by atoms with E-state index >= 15 is 0 Å². The summed E-state index contributed by atoms with van der Waals surface area (Å²) in [5, 5.41) is 20.7. The summed E-state index contributed by atoms with van der Waals surface area (Å²) >= 11 is 7.47. The number of hydrogen-bond donors (Lipinski definition) is 2. The summed E-state index contributed by atoms with van der Waals surface area (Å²) in [5.41, 5.74) is 2.39. The molecule has 2 N–H and O–H groups in total. The number of nitrogens with zero attached hydrogens (tertiary/aromatic N) is 4. The molecule has 0 saturated heterocycles. The normalized spacial score (nSPS) is 11.2. The number of halogens is 1. The molecule has 0 atom stereocenters. The minimum absolute atomic E-state index is 0.147. The Kier molecular flexibility index (Phi) is 5.66. The van der Waals surface area contributed by atoms with Crippen LogP contribution in [-0.2, 0) is 11.3 Å². The molecule has 8 nitrogen and oxygen atoms in total. The largest absolute Gasteiger partial charge is 0.467 e. The number of benzene rings is 2. The first-order valence-corrected chi connectivity index (χ1v) is 11.1. The molecule has 5 rings (SSSR count). The molecule has 10 heteroatoms. The van der Waals surface area contributed by atoms with Crippen LogP contribution in [0.25, 0.3) is 22.3 Å². The number of thioether (sulfide) groups is 1. The predicted octanol–water partition coefficient (Wildman–Crippen LogP) is 4.85. The maximum Gasteiger partial charge on any atom is 0.234 e. The number of carbonyl (C=O) groups is 1. The lowest BCUT2D eigenvalue weighted by molar-refractivity contribution is -0.113. The SMILES string of the molecule is O=C(CSc1nnc(-c2cccc(Cl)c2)n1Cc1ccco1)Nc1ccc2cn[nH]c2c1. The van der Waals surface area contributed by atoms with E-state index < -0.39 is 0 Å². The molecule has 0 spiro atoms. The summed E-state index contributed by atoms with van der Waals surface area (Å²) in [4.78, 5) is 12.6. The highest BCUT2D eigenvalue weighted by Gasteiger charge is 2.17. The summed E-state index contributed by atoms with van der Waals surface area (Å²) in [7, 11) is 0. The minimum atomic E-state index is -0.147. The molecule has 0 bridgehead atoms. The molecule has 32 heavy (non-hydrogen) atoms. The van der Waals surface area contributed by atoms with Crippen LogP contribution in [0.15, 0.2) is 76.6 Å². The molecule has 3 aromatic heterocycles. The van der Waals surface area contributed by atoms with Crippen molar-refractivity contribution in [3.63, 3.8) is 0 Å². The van der Waals surface area contributed by atoms with Crippen molar-refractivity contribution < 1.29 is 9.21 Å². The number of furan rings is 1. The van der Waals surface area contributed by atoms with Gasteiger partial charge in [-0.3, -0.25) is 14.5 Å². The number of nitrogens with one attached hydrogen (secondary N) is 2. The molecule has 0 aliphatic carbocycles. The molecular formula is C22H17ClN6O2S. The van der Waals surface area contributed by atoms with Gasteiger partial charge >= 0.3 is 0 Å². The van der Waals surface area contributed by atoms with Gasteiger partial charge in [0, 0.05) is 21.7 Å². The summed E-state index contributed by atoms with van der Waals surface area (Å²) in [6, 6.07) is 16.7. The molecular weight excluding hydrogens is 448 g/mol. The number of hydrogen-bond acceptors (Lipinski definition) is 6. The van der Waals surface area contributed by atoms with Crippen molar-refractivity contribution in [2.75, 3.05) is 11.1 Å². The van der Waals surface area contributed by atoms with Crippen molar-refractivity contribution in [1.82, 2.24) is 25.0 Å². The van der Waals surface area contributed by atoms with E-state index in [1.807, 2.05) is 53.1 Å². The Morgan fingerprint density at radius 1 is 1.16 bits per heavy atom. The zero-order valence-corrected chi connectivity index (χ0v) is 18.2. The maximum atomic E-state index is 12.6. The van der Waals surface area contributed by atoms with Crippen molar-refractivity contribution in [1.29, 1.82) is 0 Å². The average molecular weight is 465 g/mol. The number of H-pyrrole nitrogens is 1. The molecule has 5 aromatic rings. The van der Waals surface area contributed by atoms with Crippen LogP contribution in [0.3, 0.4) is 0 Å². The Hall–Kier alpha value is -3.56. The molecule has 3 heterocycles. The van der Waals surface area contributed by atoms with E-state index in [0.717, 1.165) is 22.2 Å². The Morgan fingerprint density at radius 3 is 2.94 bits per heavy atom. The fourth-order valence-electron chi connectivity index (χ4n) is 3.28. The van der Waals surface area contributed by atoms with Crippen molar-refractivity contribution in [3.8, 4) is 11.4 Å². The molecule has 0 radical (unpaired) electrons. The van der Waals surface area contributed by atoms with Crippen LogP contribution < -0.4 is 5.32 Å². The first-order chi connectivity index (χ1) is 15.7. The lowest BCUT2D eigenvalue weighted by Crippen LogP contribution is -2.14. The number of aromatic nitrogens is 5. The summed E-state index contributed by atoms with van der Waals surface area (Å²) in [6.07, 6.45) is 3.36. The second-order valence-corrected chi connectivity index (χ2v) is 8.37. The fourth-order valence-corrected chi connectivity index (χ4v) is 4.21. The van der Waals surface area contributed by atoms with Crippen LogP contribution in [0.2, 0.25) is 5.02 Å². The lowest BCUT2D eigenvalue weighted by atomic mass is 10.2. The van der Waals surface area contributed by atoms with E-state index in [4.69, 9.17) is 16.0 Å². The van der Waals surface area contributed by atoms with E-state index in [-0.39, 0.29) is 11.7 Å². The summed E-state index contributed by atoms with van der Waals surface area (Å²) in [6.45, 7) is 0.433. The van der Waals surface area contributed by atoms with E-state index in [1.54, 1.807) is 18.5 Å². The fraction of sp³-hybridized carbons (Fsp3) is 0.0909. The van der Waals surface area contributed by atoms with Crippen LogP contribution >= 0.6 is 23.4 Å². The van der Waals surface area contributed by atoms with E-state index in [1.165, 1.54) is 11.8 Å². The van der Waals surface area contributed by atoms with Crippen molar-refractivity contribution >= 4 is 45.9 Å². The van der Waals surface area contributed by atoms with Gasteiger partial charge in [0.05, 0.1) is 30.3 Å². The molecule has 0 fully saturated rings. The molecule has 0 unspecified atom stereocenters. The topological polar surface area (TPSA) is 102 Å². The Bertz CT molecular complexity index is 1380. The van der Waals surface area contributed by atoms with Crippen LogP contribution in [0.5, 0.6) is 0 Å². The second-order valence-electron chi connectivity index (χ2n) is 6.99. The minimum Gasteiger partial charge on any atom is -0.467 e. The zero-order chi connectivity index (χ0) is 21.9. The number of anilines is 1. The van der Waals surface area contributed by atoms with Gasteiger partial charge in [0.1, 0.15) is 5.76 Å². The standard InChI is InChI=1S/C22H17ClN6O2S/c23-16-4-1-3-14(9-16)21-27-28-22(29(21)12-18-5-2-8-31-18)32-13-20(30)25-17-7-6-15-11-24-26-19(15)10-17/h1-11H,12-13H2,(H,24,26)(H,25,30). The zero-order valence-electron chi connectivity index (χ0n) is 16.7. The van der Waals surface area contributed by atoms with Gasteiger partial charge < -0.3 is 9.73 Å². The van der Waals surface area contributed by atoms with Gasteiger partial charge in [0.25, 0.3) is 0 Å². The molecule has 0 aliphatic heterocycles. The van der Waals surface area contributed by atoms with Crippen LogP contribution in [0.4, 0.5) is 5.69 Å². The highest BCUT2D eigenvalue weighted by molar-refractivity contribution is 7.99. The number of carbonyl (C=O) groups excluding carboxylic acids is 1. The summed E-state index contributed by atoms with van der Waals surface area (Å²) < 4.78 is 7.43. The molecule has 1 amide bonds. The number of aromatic amines is 1. The molecule has 0 saturated carbocycles. The smallest absolute Gasteiger partial charge is 0.234 e. The van der Waals surface area contributed by atoms with E-state index in [2.05, 4.69) is 25.7 Å². The number of amides is 1. The highest BCUT2D eigenvalue weighted by atomic mass is 35.5. The third kappa shape index (κ3) is 4.39. The Morgan fingerprint density at radius 2 is 2.09 bits per heavy atom. The van der Waals surface area contributed by atoms with Crippen LogP contribution in [0.1, 0.15) is 5.76 Å². The molecule has 160 valence electrons. The lowest BCUT2D eigenvalue weighted by Gasteiger charge is -2.09. The first-order valence-electron chi connectivity index (χ1n) is 9.73. The van der Waals surface area contributed by atoms with Gasteiger partial charge in [0.15, 0.2) is 11.0 Å². The van der Waals surface area contributed by atoms with Gasteiger partial charge in [-0.15, -0.1) is 10.2 Å². The number of rotatable bonds is 7. The van der Waals surface area contributed by atoms with Crippen LogP contribution in [-0.4, -0.2) is 36.6 Å². The van der Waals surface area contributed by atoms with E-state index in [9.17, 15) is 4.79 Å². The average Bonchev–Trinajstić information content (AvgIpc) is 3.54. The highest BCUT2D eigenvalue weighted by Crippen LogP contribution is 2.27. The van der Waals surface area contributed by atoms with Crippen molar-refractivity contribution in [3.05, 3.63) is 77.8 Å². The molecule has 0 aliphatic rings. The number of fused-ring (bicyclic) bond motifs is 1. The van der Waals surface area contributed by atoms with Crippen molar-refractivity contribution in [2.45, 2.75) is 11.7 Å². The van der Waals surface area contributed by atoms with Gasteiger partial charge in [-0.25, -0.2) is 0 Å². The third-order valence-corrected chi connectivity index (χ3v) is 5.95. The predicted molar refractivity (Wildman–Crippen MR) is 124 cm³/mol. The third-order valence-electron chi connectivity index (χ3n) is 4.75. The van der Waals surface area contributed by atoms with Gasteiger partial charge in [-0.2, -0.15) is 5.10 Å². The second kappa shape index (κ2) is 8.89. The van der Waals surface area contributed by atoms with Crippen LogP contribution in [0, 0.1) is 0 Å². The Labute approximate surface area is 192 Å². The molecule has 2 aromatic carbocycles. The maximum absolute atomic E-state index is 12.6. The van der Waals surface area contributed by atoms with Gasteiger partial charge in [-0.1, -0.05) is 35.5 Å². The van der Waals surface area contributed by atoms with Gasteiger partial charge in [0.2, 0.25) is 5.91 Å². The van der Waals surface area contributed by atoms with E-state index in [0.29, 0.717) is 28.2 Å². The summed E-state index contributed by atoms with van der Waals surface area (Å²) in [5.74, 6) is 1.43. The first kappa shape index (κ1) is 20.3. The monoisotopic (exact) mass is 464 g/mol. The van der Waals surface area contributed by atoms with Gasteiger partial charge in [-0.05, 0) is 42.5 Å². The van der Waals surface area contributed by atoms with Crippen molar-refractivity contribution in [2.24, 2.45) is 0 Å². The quantitative estimate of drug-likeness (QED) is 0.334. The Balaban J connectivity index is 1.34.